The zero-order chi connectivity index (χ0) is 13.8. The van der Waals surface area contributed by atoms with Gasteiger partial charge in [0.1, 0.15) is 0 Å². The maximum atomic E-state index is 11.7. The molecule has 0 fully saturated rings. The van der Waals surface area contributed by atoms with Crippen molar-refractivity contribution in [2.24, 2.45) is 0 Å². The third-order valence-electron chi connectivity index (χ3n) is 2.47. The number of hydrogen-bond acceptors (Lipinski definition) is 4. The topological polar surface area (TPSA) is 64.6 Å². The summed E-state index contributed by atoms with van der Waals surface area (Å²) in [4.78, 5) is 0. The molecule has 1 aromatic carbocycles. The lowest BCUT2D eigenvalue weighted by atomic mass is 10.2. The Balaban J connectivity index is 3.11. The molecule has 0 aliphatic rings. The van der Waals surface area contributed by atoms with Crippen LogP contribution in [0.3, 0.4) is 0 Å². The highest BCUT2D eigenvalue weighted by Gasteiger charge is 2.14. The van der Waals surface area contributed by atoms with Gasteiger partial charge in [-0.25, -0.2) is 8.42 Å². The van der Waals surface area contributed by atoms with Crippen LogP contribution in [0.15, 0.2) is 12.1 Å². The van der Waals surface area contributed by atoms with E-state index in [0.29, 0.717) is 23.6 Å². The Labute approximate surface area is 108 Å². The third kappa shape index (κ3) is 3.53. The first-order valence-electron chi connectivity index (χ1n) is 5.66. The average molecular weight is 273 g/mol. The van der Waals surface area contributed by atoms with Crippen molar-refractivity contribution in [3.05, 3.63) is 17.7 Å². The van der Waals surface area contributed by atoms with E-state index in [2.05, 4.69) is 4.72 Å². The standard InChI is InChI=1S/C12H19NO4S/c1-5-6-18(14,15)13-10-8-12(17-4)11(16-3)7-9(10)2/h7-8,13H,5-6H2,1-4H3. The van der Waals surface area contributed by atoms with Crippen molar-refractivity contribution in [1.29, 1.82) is 0 Å². The molecule has 0 saturated heterocycles. The second-order valence-electron chi connectivity index (χ2n) is 3.94. The molecule has 0 saturated carbocycles. The molecule has 0 unspecified atom stereocenters. The summed E-state index contributed by atoms with van der Waals surface area (Å²) in [5.41, 5.74) is 1.30. The van der Waals surface area contributed by atoms with Crippen LogP contribution in [0.25, 0.3) is 0 Å². The lowest BCUT2D eigenvalue weighted by molar-refractivity contribution is 0.355. The first kappa shape index (κ1) is 14.6. The minimum atomic E-state index is -3.30. The Hall–Kier alpha value is -1.43. The van der Waals surface area contributed by atoms with Gasteiger partial charge < -0.3 is 9.47 Å². The van der Waals surface area contributed by atoms with Crippen LogP contribution in [-0.2, 0) is 10.0 Å². The highest BCUT2D eigenvalue weighted by molar-refractivity contribution is 7.92. The second-order valence-corrected chi connectivity index (χ2v) is 5.78. The number of benzene rings is 1. The van der Waals surface area contributed by atoms with Gasteiger partial charge in [0.25, 0.3) is 0 Å². The van der Waals surface area contributed by atoms with Crippen molar-refractivity contribution in [2.75, 3.05) is 24.7 Å². The maximum absolute atomic E-state index is 11.7. The van der Waals surface area contributed by atoms with E-state index in [1.807, 2.05) is 13.8 Å². The Morgan fingerprint density at radius 3 is 2.22 bits per heavy atom. The number of hydrogen-bond donors (Lipinski definition) is 1. The van der Waals surface area contributed by atoms with E-state index in [1.165, 1.54) is 14.2 Å². The van der Waals surface area contributed by atoms with E-state index in [1.54, 1.807) is 12.1 Å². The molecule has 102 valence electrons. The van der Waals surface area contributed by atoms with Crippen LogP contribution >= 0.6 is 0 Å². The second kappa shape index (κ2) is 5.95. The minimum Gasteiger partial charge on any atom is -0.493 e. The molecule has 0 amide bonds. The fourth-order valence-electron chi connectivity index (χ4n) is 1.58. The van der Waals surface area contributed by atoms with E-state index >= 15 is 0 Å². The van der Waals surface area contributed by atoms with Gasteiger partial charge in [-0.3, -0.25) is 4.72 Å². The highest BCUT2D eigenvalue weighted by Crippen LogP contribution is 2.33. The summed E-state index contributed by atoms with van der Waals surface area (Å²) >= 11 is 0. The zero-order valence-electron chi connectivity index (χ0n) is 11.1. The molecule has 0 heterocycles. The van der Waals surface area contributed by atoms with Crippen LogP contribution in [0.1, 0.15) is 18.9 Å². The molecule has 0 aliphatic carbocycles. The maximum Gasteiger partial charge on any atom is 0.232 e. The molecule has 1 aromatic rings. The van der Waals surface area contributed by atoms with E-state index in [0.717, 1.165) is 5.56 Å². The summed E-state index contributed by atoms with van der Waals surface area (Å²) < 4.78 is 36.3. The van der Waals surface area contributed by atoms with Crippen LogP contribution in [0.2, 0.25) is 0 Å². The molecule has 6 heteroatoms. The van der Waals surface area contributed by atoms with Crippen molar-refractivity contribution in [3.8, 4) is 11.5 Å². The van der Waals surface area contributed by atoms with Gasteiger partial charge in [-0.15, -0.1) is 0 Å². The predicted molar refractivity (Wildman–Crippen MR) is 72.0 cm³/mol. The van der Waals surface area contributed by atoms with Crippen LogP contribution in [0.4, 0.5) is 5.69 Å². The summed E-state index contributed by atoms with van der Waals surface area (Å²) in [7, 11) is -0.247. The first-order valence-corrected chi connectivity index (χ1v) is 7.31. The van der Waals surface area contributed by atoms with E-state index in [9.17, 15) is 8.42 Å². The van der Waals surface area contributed by atoms with Gasteiger partial charge in [0.05, 0.1) is 25.7 Å². The minimum absolute atomic E-state index is 0.0980. The molecule has 1 N–H and O–H groups in total. The number of rotatable bonds is 6. The molecular weight excluding hydrogens is 254 g/mol. The molecule has 5 nitrogen and oxygen atoms in total. The molecule has 0 bridgehead atoms. The van der Waals surface area contributed by atoms with Crippen LogP contribution in [0, 0.1) is 6.92 Å². The summed E-state index contributed by atoms with van der Waals surface area (Å²) in [5.74, 6) is 1.17. The first-order chi connectivity index (χ1) is 8.43. The number of methoxy groups -OCH3 is 2. The molecule has 0 radical (unpaired) electrons. The molecule has 0 atom stereocenters. The number of aryl methyl sites for hydroxylation is 1. The van der Waals surface area contributed by atoms with Crippen LogP contribution in [0.5, 0.6) is 11.5 Å². The van der Waals surface area contributed by atoms with Gasteiger partial charge in [0.2, 0.25) is 10.0 Å². The molecule has 0 aliphatic heterocycles. The van der Waals surface area contributed by atoms with Crippen molar-refractivity contribution >= 4 is 15.7 Å². The normalized spacial score (nSPS) is 11.1. The molecular formula is C12H19NO4S. The summed E-state index contributed by atoms with van der Waals surface area (Å²) in [6, 6.07) is 3.37. The fourth-order valence-corrected chi connectivity index (χ4v) is 2.77. The molecule has 18 heavy (non-hydrogen) atoms. The largest absolute Gasteiger partial charge is 0.493 e. The fraction of sp³-hybridized carbons (Fsp3) is 0.500. The van der Waals surface area contributed by atoms with Gasteiger partial charge in [-0.1, -0.05) is 6.92 Å². The third-order valence-corrected chi connectivity index (χ3v) is 3.95. The van der Waals surface area contributed by atoms with Crippen molar-refractivity contribution < 1.29 is 17.9 Å². The van der Waals surface area contributed by atoms with E-state index < -0.39 is 10.0 Å². The Kier molecular flexibility index (Phi) is 4.84. The van der Waals surface area contributed by atoms with Gasteiger partial charge >= 0.3 is 0 Å². The quantitative estimate of drug-likeness (QED) is 0.862. The van der Waals surface area contributed by atoms with Gasteiger partial charge in [-0.05, 0) is 25.0 Å². The number of nitrogens with one attached hydrogen (secondary N) is 1. The SMILES string of the molecule is CCCS(=O)(=O)Nc1cc(OC)c(OC)cc1C. The zero-order valence-corrected chi connectivity index (χ0v) is 11.9. The lowest BCUT2D eigenvalue weighted by Crippen LogP contribution is -2.16. The molecule has 0 spiro atoms. The van der Waals surface area contributed by atoms with E-state index in [4.69, 9.17) is 9.47 Å². The van der Waals surface area contributed by atoms with Crippen LogP contribution < -0.4 is 14.2 Å². The van der Waals surface area contributed by atoms with Crippen molar-refractivity contribution in [1.82, 2.24) is 0 Å². The summed E-state index contributed by atoms with van der Waals surface area (Å²) in [6.07, 6.45) is 0.571. The summed E-state index contributed by atoms with van der Waals surface area (Å²) in [5, 5.41) is 0. The average Bonchev–Trinajstić information content (AvgIpc) is 2.30. The highest BCUT2D eigenvalue weighted by atomic mass is 32.2. The van der Waals surface area contributed by atoms with Gasteiger partial charge in [0, 0.05) is 6.07 Å². The Morgan fingerprint density at radius 2 is 1.72 bits per heavy atom. The van der Waals surface area contributed by atoms with Gasteiger partial charge in [0.15, 0.2) is 11.5 Å². The summed E-state index contributed by atoms with van der Waals surface area (Å²) in [6.45, 7) is 3.63. The lowest BCUT2D eigenvalue weighted by Gasteiger charge is -2.14. The van der Waals surface area contributed by atoms with Crippen molar-refractivity contribution in [3.63, 3.8) is 0 Å². The monoisotopic (exact) mass is 273 g/mol. The molecule has 0 aromatic heterocycles. The molecule has 1 rings (SSSR count). The Bertz CT molecular complexity index is 511. The Morgan fingerprint density at radius 1 is 1.17 bits per heavy atom. The van der Waals surface area contributed by atoms with Crippen molar-refractivity contribution in [2.45, 2.75) is 20.3 Å². The number of sulfonamides is 1. The number of ether oxygens (including phenoxy) is 2. The predicted octanol–water partition coefficient (Wildman–Crippen LogP) is 2.16. The number of anilines is 1. The van der Waals surface area contributed by atoms with Crippen LogP contribution in [-0.4, -0.2) is 28.4 Å². The van der Waals surface area contributed by atoms with E-state index in [-0.39, 0.29) is 5.75 Å². The smallest absolute Gasteiger partial charge is 0.232 e. The van der Waals surface area contributed by atoms with Gasteiger partial charge in [-0.2, -0.15) is 0 Å².